The van der Waals surface area contributed by atoms with E-state index < -0.39 is 11.8 Å². The van der Waals surface area contributed by atoms with Gasteiger partial charge >= 0.3 is 5.97 Å². The lowest BCUT2D eigenvalue weighted by Crippen LogP contribution is -2.35. The highest BCUT2D eigenvalue weighted by molar-refractivity contribution is 6.36. The molecular weight excluding hydrogens is 706 g/mol. The molecule has 4 aromatic carbocycles. The third kappa shape index (κ3) is 8.06. The molecule has 274 valence electrons. The normalized spacial score (nSPS) is 16.1. The van der Waals surface area contributed by atoms with Crippen molar-refractivity contribution in [2.45, 2.75) is 57.8 Å². The molecule has 5 aromatic rings. The molecule has 0 radical (unpaired) electrons. The van der Waals surface area contributed by atoms with Crippen LogP contribution in [0.4, 0.5) is 4.39 Å². The number of hydrogen-bond donors (Lipinski definition) is 2. The minimum absolute atomic E-state index is 0.143. The van der Waals surface area contributed by atoms with Crippen LogP contribution in [-0.2, 0) is 29.3 Å². The van der Waals surface area contributed by atoms with Crippen molar-refractivity contribution in [2.75, 3.05) is 28.4 Å². The van der Waals surface area contributed by atoms with Crippen molar-refractivity contribution in [1.29, 1.82) is 0 Å². The highest BCUT2D eigenvalue weighted by Crippen LogP contribution is 2.41. The summed E-state index contributed by atoms with van der Waals surface area (Å²) in [7, 11) is 6.74. The van der Waals surface area contributed by atoms with Gasteiger partial charge in [0.1, 0.15) is 17.3 Å². The number of nitrogens with zero attached hydrogens (tertiary/aromatic N) is 3. The first-order chi connectivity index (χ1) is 25.1. The Kier molecular flexibility index (Phi) is 12.0. The lowest BCUT2D eigenvalue weighted by molar-refractivity contribution is -0.138. The van der Waals surface area contributed by atoms with Crippen molar-refractivity contribution in [2.24, 2.45) is 5.92 Å². The maximum absolute atomic E-state index is 15.3. The molecule has 12 heteroatoms. The first kappa shape index (κ1) is 37.6. The number of nitrogens with one attached hydrogen (secondary N) is 1. The standard InChI is InChI=1S/C40H43Cl2FN4O5/c1-46(28-13-11-24(12-14-28)15-39(48)49)22-27-16-34(41)26(19-37(27)50-2)23-47-36-10-6-8-30(32(36)20-44-47)31-9-5-7-29(40(31)42)25-17-35(43)33(21-45-52-4)38(18-25)51-3/h5-10,16-20,24,28,45H,11-15,21-23H2,1-4H3,(H,48,49). The highest BCUT2D eigenvalue weighted by atomic mass is 35.5. The number of hydrogen-bond acceptors (Lipinski definition) is 7. The molecule has 0 unspecified atom stereocenters. The number of ether oxygens (including phenoxy) is 2. The fraction of sp³-hybridized carbons (Fsp3) is 0.350. The maximum atomic E-state index is 15.3. The monoisotopic (exact) mass is 748 g/mol. The topological polar surface area (TPSA) is 98.1 Å². The van der Waals surface area contributed by atoms with E-state index in [9.17, 15) is 4.79 Å². The molecule has 1 aromatic heterocycles. The molecule has 2 N–H and O–H groups in total. The number of carboxylic acid groups (broad SMARTS) is 1. The molecule has 0 bridgehead atoms. The van der Waals surface area contributed by atoms with Gasteiger partial charge in [-0.3, -0.25) is 14.4 Å². The van der Waals surface area contributed by atoms with Gasteiger partial charge in [0.25, 0.3) is 0 Å². The minimum Gasteiger partial charge on any atom is -0.496 e. The Morgan fingerprint density at radius 1 is 0.962 bits per heavy atom. The molecule has 6 rings (SSSR count). The molecule has 1 heterocycles. The van der Waals surface area contributed by atoms with Gasteiger partial charge in [-0.1, -0.05) is 53.5 Å². The smallest absolute Gasteiger partial charge is 0.303 e. The van der Waals surface area contributed by atoms with E-state index in [1.807, 2.05) is 59.4 Å². The van der Waals surface area contributed by atoms with Crippen LogP contribution in [-0.4, -0.2) is 60.2 Å². The van der Waals surface area contributed by atoms with Gasteiger partial charge in [-0.05, 0) is 85.7 Å². The second kappa shape index (κ2) is 16.7. The zero-order chi connectivity index (χ0) is 36.9. The van der Waals surface area contributed by atoms with Crippen molar-refractivity contribution >= 4 is 40.1 Å². The van der Waals surface area contributed by atoms with Crippen LogP contribution in [0.15, 0.2) is 66.9 Å². The maximum Gasteiger partial charge on any atom is 0.303 e. The summed E-state index contributed by atoms with van der Waals surface area (Å²) in [6.45, 7) is 1.23. The summed E-state index contributed by atoms with van der Waals surface area (Å²) < 4.78 is 28.5. The molecule has 0 saturated heterocycles. The van der Waals surface area contributed by atoms with Crippen LogP contribution in [0.1, 0.15) is 48.8 Å². The average molecular weight is 750 g/mol. The number of aliphatic carboxylic acids is 1. The van der Waals surface area contributed by atoms with Crippen molar-refractivity contribution in [3.8, 4) is 33.8 Å². The number of hydroxylamine groups is 1. The van der Waals surface area contributed by atoms with Gasteiger partial charge < -0.3 is 19.4 Å². The van der Waals surface area contributed by atoms with Crippen LogP contribution >= 0.6 is 23.2 Å². The molecule has 0 atom stereocenters. The molecule has 0 amide bonds. The third-order valence-electron chi connectivity index (χ3n) is 10.1. The van der Waals surface area contributed by atoms with Crippen molar-refractivity contribution < 1.29 is 28.6 Å². The highest BCUT2D eigenvalue weighted by Gasteiger charge is 2.26. The van der Waals surface area contributed by atoms with Gasteiger partial charge in [-0.2, -0.15) is 10.6 Å². The molecule has 9 nitrogen and oxygen atoms in total. The fourth-order valence-corrected chi connectivity index (χ4v) is 7.94. The summed E-state index contributed by atoms with van der Waals surface area (Å²) in [5.74, 6) is 0.241. The molecule has 1 aliphatic carbocycles. The van der Waals surface area contributed by atoms with Gasteiger partial charge in [0.05, 0.1) is 51.2 Å². The number of halogens is 3. The zero-order valence-electron chi connectivity index (χ0n) is 29.7. The Hall–Kier alpha value is -4.19. The van der Waals surface area contributed by atoms with Gasteiger partial charge in [-0.25, -0.2) is 4.39 Å². The van der Waals surface area contributed by atoms with E-state index in [2.05, 4.69) is 17.4 Å². The van der Waals surface area contributed by atoms with Crippen LogP contribution in [0.25, 0.3) is 33.2 Å². The second-order valence-electron chi connectivity index (χ2n) is 13.3. The Balaban J connectivity index is 1.24. The number of fused-ring (bicyclic) bond motifs is 1. The summed E-state index contributed by atoms with van der Waals surface area (Å²) in [6, 6.07) is 19.2. The largest absolute Gasteiger partial charge is 0.496 e. The predicted octanol–water partition coefficient (Wildman–Crippen LogP) is 9.00. The zero-order valence-corrected chi connectivity index (χ0v) is 31.2. The fourth-order valence-electron chi connectivity index (χ4n) is 7.36. The molecular formula is C40H43Cl2FN4O5. The Morgan fingerprint density at radius 2 is 1.67 bits per heavy atom. The van der Waals surface area contributed by atoms with Crippen molar-refractivity contribution in [3.63, 3.8) is 0 Å². The number of carboxylic acids is 1. The van der Waals surface area contributed by atoms with E-state index in [0.29, 0.717) is 51.6 Å². The Labute approximate surface area is 313 Å². The lowest BCUT2D eigenvalue weighted by atomic mass is 9.83. The SMILES string of the molecule is CONCc1c(F)cc(-c2cccc(-c3cccc4c3cnn4Cc3cc(OC)c(CN(C)C4CCC(CC(=O)O)CC4)cc3Cl)c2Cl)cc1OC. The molecule has 52 heavy (non-hydrogen) atoms. The number of aromatic nitrogens is 2. The van der Waals surface area contributed by atoms with Crippen LogP contribution < -0.4 is 15.0 Å². The van der Waals surface area contributed by atoms with E-state index in [0.717, 1.165) is 64.6 Å². The summed E-state index contributed by atoms with van der Waals surface area (Å²) >= 11 is 14.0. The third-order valence-corrected chi connectivity index (χ3v) is 10.9. The van der Waals surface area contributed by atoms with Crippen LogP contribution in [0, 0.1) is 11.7 Å². The Morgan fingerprint density at radius 3 is 2.38 bits per heavy atom. The molecule has 1 aliphatic rings. The quantitative estimate of drug-likeness (QED) is 0.109. The Bertz CT molecular complexity index is 2060. The first-order valence-electron chi connectivity index (χ1n) is 17.2. The minimum atomic E-state index is -0.718. The predicted molar refractivity (Wildman–Crippen MR) is 203 cm³/mol. The number of methoxy groups -OCH3 is 2. The molecule has 1 saturated carbocycles. The van der Waals surface area contributed by atoms with Gasteiger partial charge in [0.15, 0.2) is 0 Å². The van der Waals surface area contributed by atoms with Gasteiger partial charge in [-0.15, -0.1) is 0 Å². The van der Waals surface area contributed by atoms with E-state index in [4.69, 9.17) is 47.7 Å². The van der Waals surface area contributed by atoms with Gasteiger partial charge in [0, 0.05) is 51.7 Å². The molecule has 0 spiro atoms. The van der Waals surface area contributed by atoms with E-state index in [1.54, 1.807) is 13.2 Å². The van der Waals surface area contributed by atoms with E-state index in [1.165, 1.54) is 20.3 Å². The number of carbonyl (C=O) groups is 1. The van der Waals surface area contributed by atoms with Gasteiger partial charge in [0.2, 0.25) is 0 Å². The summed E-state index contributed by atoms with van der Waals surface area (Å²) in [6.07, 6.45) is 5.86. The van der Waals surface area contributed by atoms with Crippen molar-refractivity contribution in [1.82, 2.24) is 20.2 Å². The number of rotatable bonds is 14. The lowest BCUT2D eigenvalue weighted by Gasteiger charge is -2.34. The van der Waals surface area contributed by atoms with Crippen LogP contribution in [0.5, 0.6) is 11.5 Å². The van der Waals surface area contributed by atoms with Crippen LogP contribution in [0.3, 0.4) is 0 Å². The van der Waals surface area contributed by atoms with E-state index in [-0.39, 0.29) is 18.9 Å². The van der Waals surface area contributed by atoms with Crippen LogP contribution in [0.2, 0.25) is 10.0 Å². The van der Waals surface area contributed by atoms with Crippen molar-refractivity contribution in [3.05, 3.63) is 99.4 Å². The second-order valence-corrected chi connectivity index (χ2v) is 14.1. The summed E-state index contributed by atoms with van der Waals surface area (Å²) in [4.78, 5) is 18.4. The van der Waals surface area contributed by atoms with E-state index >= 15 is 4.39 Å². The number of benzene rings is 4. The summed E-state index contributed by atoms with van der Waals surface area (Å²) in [5, 5.41) is 15.9. The first-order valence-corrected chi connectivity index (χ1v) is 18.0. The molecule has 1 fully saturated rings. The molecule has 0 aliphatic heterocycles. The summed E-state index contributed by atoms with van der Waals surface area (Å²) in [5.41, 5.74) is 8.72. The average Bonchev–Trinajstić information content (AvgIpc) is 3.55.